The topological polar surface area (TPSA) is 12.4 Å². The van der Waals surface area contributed by atoms with Crippen molar-refractivity contribution in [1.82, 2.24) is 0 Å². The first kappa shape index (κ1) is 9.91. The lowest BCUT2D eigenvalue weighted by atomic mass is 9.85. The van der Waals surface area contributed by atoms with E-state index in [1.165, 1.54) is 0 Å². The molecule has 15 heavy (non-hydrogen) atoms. The van der Waals surface area contributed by atoms with Crippen LogP contribution in [0.1, 0.15) is 13.3 Å². The lowest BCUT2D eigenvalue weighted by Crippen LogP contribution is -2.15. The summed E-state index contributed by atoms with van der Waals surface area (Å²) in [4.78, 5) is 4.49. The van der Waals surface area contributed by atoms with Crippen LogP contribution in [0.4, 0.5) is 5.69 Å². The zero-order valence-corrected chi connectivity index (χ0v) is 8.93. The fourth-order valence-electron chi connectivity index (χ4n) is 1.58. The normalized spacial score (nSPS) is 24.9. The Morgan fingerprint density at radius 3 is 2.67 bits per heavy atom. The molecule has 1 atom stereocenters. The van der Waals surface area contributed by atoms with Crippen LogP contribution in [-0.2, 0) is 0 Å². The van der Waals surface area contributed by atoms with E-state index < -0.39 is 0 Å². The van der Waals surface area contributed by atoms with Crippen LogP contribution in [0.15, 0.2) is 59.6 Å². The SMILES string of the molecule is CC1(C=Nc2ccccc2)C=CC=CC1. The summed E-state index contributed by atoms with van der Waals surface area (Å²) in [5.41, 5.74) is 1.09. The highest BCUT2D eigenvalue weighted by molar-refractivity contribution is 5.72. The molecule has 0 bridgehead atoms. The second-order valence-electron chi connectivity index (χ2n) is 4.09. The molecular formula is C14H15N. The highest BCUT2D eigenvalue weighted by Crippen LogP contribution is 2.25. The molecule has 1 heteroatoms. The number of para-hydroxylation sites is 1. The Kier molecular flexibility index (Phi) is 2.82. The summed E-state index contributed by atoms with van der Waals surface area (Å²) in [6.07, 6.45) is 11.6. The minimum Gasteiger partial charge on any atom is -0.260 e. The van der Waals surface area contributed by atoms with Gasteiger partial charge in [0, 0.05) is 11.6 Å². The van der Waals surface area contributed by atoms with Gasteiger partial charge in [-0.25, -0.2) is 0 Å². The Morgan fingerprint density at radius 1 is 1.20 bits per heavy atom. The van der Waals surface area contributed by atoms with E-state index >= 15 is 0 Å². The van der Waals surface area contributed by atoms with Crippen molar-refractivity contribution in [3.05, 3.63) is 54.6 Å². The van der Waals surface area contributed by atoms with Crippen LogP contribution in [-0.4, -0.2) is 6.21 Å². The van der Waals surface area contributed by atoms with Gasteiger partial charge in [-0.05, 0) is 18.6 Å². The van der Waals surface area contributed by atoms with Crippen molar-refractivity contribution in [3.8, 4) is 0 Å². The van der Waals surface area contributed by atoms with Gasteiger partial charge in [-0.1, -0.05) is 49.4 Å². The van der Waals surface area contributed by atoms with Gasteiger partial charge in [0.25, 0.3) is 0 Å². The molecule has 0 heterocycles. The molecule has 1 aliphatic carbocycles. The molecule has 1 aliphatic rings. The minimum absolute atomic E-state index is 0.0740. The molecule has 0 amide bonds. The molecule has 0 saturated heterocycles. The number of allylic oxidation sites excluding steroid dienone is 4. The number of hydrogen-bond donors (Lipinski definition) is 0. The van der Waals surface area contributed by atoms with Crippen molar-refractivity contribution in [2.45, 2.75) is 13.3 Å². The molecular weight excluding hydrogens is 182 g/mol. The van der Waals surface area contributed by atoms with Crippen LogP contribution in [0.3, 0.4) is 0 Å². The molecule has 1 aromatic rings. The van der Waals surface area contributed by atoms with Crippen molar-refractivity contribution in [2.24, 2.45) is 10.4 Å². The summed E-state index contributed by atoms with van der Waals surface area (Å²) in [6.45, 7) is 2.19. The fraction of sp³-hybridized carbons (Fsp3) is 0.214. The number of rotatable bonds is 2. The van der Waals surface area contributed by atoms with Gasteiger partial charge in [-0.3, -0.25) is 4.99 Å². The molecule has 1 nitrogen and oxygen atoms in total. The Morgan fingerprint density at radius 2 is 2.00 bits per heavy atom. The molecule has 1 unspecified atom stereocenters. The number of hydrogen-bond acceptors (Lipinski definition) is 1. The van der Waals surface area contributed by atoms with Crippen molar-refractivity contribution < 1.29 is 0 Å². The second kappa shape index (κ2) is 4.26. The first-order valence-electron chi connectivity index (χ1n) is 5.23. The van der Waals surface area contributed by atoms with Crippen LogP contribution in [0.5, 0.6) is 0 Å². The van der Waals surface area contributed by atoms with E-state index in [-0.39, 0.29) is 5.41 Å². The lowest BCUT2D eigenvalue weighted by Gasteiger charge is -2.20. The first-order chi connectivity index (χ1) is 7.29. The van der Waals surface area contributed by atoms with E-state index in [1.807, 2.05) is 36.5 Å². The highest BCUT2D eigenvalue weighted by atomic mass is 14.7. The number of aliphatic imine (C=N–C) groups is 1. The van der Waals surface area contributed by atoms with Gasteiger partial charge in [0.1, 0.15) is 0 Å². The molecule has 2 rings (SSSR count). The van der Waals surface area contributed by atoms with E-state index in [4.69, 9.17) is 0 Å². The Balaban J connectivity index is 2.12. The average molecular weight is 197 g/mol. The molecule has 0 N–H and O–H groups in total. The van der Waals surface area contributed by atoms with Crippen LogP contribution >= 0.6 is 0 Å². The molecule has 0 fully saturated rings. The predicted molar refractivity (Wildman–Crippen MR) is 65.6 cm³/mol. The van der Waals surface area contributed by atoms with E-state index in [0.717, 1.165) is 12.1 Å². The first-order valence-corrected chi connectivity index (χ1v) is 5.23. The summed E-state index contributed by atoms with van der Waals surface area (Å²) in [5.74, 6) is 0. The number of nitrogens with zero attached hydrogens (tertiary/aromatic N) is 1. The fourth-order valence-corrected chi connectivity index (χ4v) is 1.58. The zero-order chi connectivity index (χ0) is 10.6. The number of benzene rings is 1. The third-order valence-electron chi connectivity index (χ3n) is 2.55. The largest absolute Gasteiger partial charge is 0.260 e. The van der Waals surface area contributed by atoms with Crippen molar-refractivity contribution in [2.75, 3.05) is 0 Å². The highest BCUT2D eigenvalue weighted by Gasteiger charge is 2.17. The molecule has 0 saturated carbocycles. The van der Waals surface area contributed by atoms with Gasteiger partial charge in [0.05, 0.1) is 5.69 Å². The van der Waals surface area contributed by atoms with Crippen LogP contribution in [0.25, 0.3) is 0 Å². The summed E-state index contributed by atoms with van der Waals surface area (Å²) >= 11 is 0. The third kappa shape index (κ3) is 2.66. The molecule has 0 aromatic heterocycles. The minimum atomic E-state index is 0.0740. The van der Waals surface area contributed by atoms with Gasteiger partial charge >= 0.3 is 0 Å². The van der Waals surface area contributed by atoms with Crippen LogP contribution in [0, 0.1) is 5.41 Å². The maximum absolute atomic E-state index is 4.49. The van der Waals surface area contributed by atoms with Gasteiger partial charge in [-0.2, -0.15) is 0 Å². The van der Waals surface area contributed by atoms with Crippen LogP contribution < -0.4 is 0 Å². The van der Waals surface area contributed by atoms with Crippen LogP contribution in [0.2, 0.25) is 0 Å². The summed E-state index contributed by atoms with van der Waals surface area (Å²) in [7, 11) is 0. The third-order valence-corrected chi connectivity index (χ3v) is 2.55. The molecule has 76 valence electrons. The van der Waals surface area contributed by atoms with Crippen molar-refractivity contribution in [3.63, 3.8) is 0 Å². The Bertz CT molecular complexity index is 401. The molecule has 1 aromatic carbocycles. The van der Waals surface area contributed by atoms with Gasteiger partial charge in [-0.15, -0.1) is 0 Å². The molecule has 0 radical (unpaired) electrons. The van der Waals surface area contributed by atoms with E-state index in [9.17, 15) is 0 Å². The smallest absolute Gasteiger partial charge is 0.0626 e. The second-order valence-corrected chi connectivity index (χ2v) is 4.09. The van der Waals surface area contributed by atoms with Gasteiger partial charge in [0.2, 0.25) is 0 Å². The standard InChI is InChI=1S/C14H15N/c1-14(10-6-3-7-11-14)12-15-13-8-4-2-5-9-13/h2-10,12H,11H2,1H3. The lowest BCUT2D eigenvalue weighted by molar-refractivity contribution is 0.616. The predicted octanol–water partition coefficient (Wildman–Crippen LogP) is 3.91. The van der Waals surface area contributed by atoms with E-state index in [2.05, 4.69) is 36.2 Å². The average Bonchev–Trinajstić information content (AvgIpc) is 2.29. The summed E-state index contributed by atoms with van der Waals surface area (Å²) in [5, 5.41) is 0. The van der Waals surface area contributed by atoms with Gasteiger partial charge < -0.3 is 0 Å². The maximum Gasteiger partial charge on any atom is 0.0626 e. The van der Waals surface area contributed by atoms with Crippen molar-refractivity contribution in [1.29, 1.82) is 0 Å². The molecule has 0 spiro atoms. The Hall–Kier alpha value is -1.63. The van der Waals surface area contributed by atoms with Crippen molar-refractivity contribution >= 4 is 11.9 Å². The zero-order valence-electron chi connectivity index (χ0n) is 8.93. The molecule has 0 aliphatic heterocycles. The Labute approximate surface area is 90.9 Å². The van der Waals surface area contributed by atoms with Gasteiger partial charge in [0.15, 0.2) is 0 Å². The maximum atomic E-state index is 4.49. The van der Waals surface area contributed by atoms with E-state index in [1.54, 1.807) is 0 Å². The summed E-state index contributed by atoms with van der Waals surface area (Å²) in [6, 6.07) is 10.0. The quantitative estimate of drug-likeness (QED) is 0.637. The summed E-state index contributed by atoms with van der Waals surface area (Å²) < 4.78 is 0. The van der Waals surface area contributed by atoms with E-state index in [0.29, 0.717) is 0 Å². The monoisotopic (exact) mass is 197 g/mol.